The number of nitrogens with zero attached hydrogens (tertiary/aromatic N) is 1. The van der Waals surface area contributed by atoms with Crippen molar-refractivity contribution in [2.45, 2.75) is 13.3 Å². The second-order valence-electron chi connectivity index (χ2n) is 3.18. The highest BCUT2D eigenvalue weighted by Crippen LogP contribution is 2.03. The van der Waals surface area contributed by atoms with E-state index in [2.05, 4.69) is 0 Å². The van der Waals surface area contributed by atoms with Gasteiger partial charge in [-0.1, -0.05) is 19.1 Å². The van der Waals surface area contributed by atoms with Crippen LogP contribution in [0.3, 0.4) is 0 Å². The van der Waals surface area contributed by atoms with Gasteiger partial charge in [-0.05, 0) is 0 Å². The first-order chi connectivity index (χ1) is 6.47. The standard InChI is InChI=1S/C8H16F2N2OS/c1-6(8(11)14)4-12(2-3-13)5-7(9)10/h6-7,13H,2-5H2,1H3,(H2,11,14). The highest BCUT2D eigenvalue weighted by atomic mass is 32.1. The number of halogens is 2. The Balaban J connectivity index is 4.01. The van der Waals surface area contributed by atoms with E-state index < -0.39 is 6.43 Å². The lowest BCUT2D eigenvalue weighted by Gasteiger charge is -2.23. The number of hydrogen-bond acceptors (Lipinski definition) is 3. The minimum absolute atomic E-state index is 0.115. The summed E-state index contributed by atoms with van der Waals surface area (Å²) in [6.45, 7) is 1.86. The molecule has 0 bridgehead atoms. The Morgan fingerprint density at radius 3 is 2.43 bits per heavy atom. The second-order valence-corrected chi connectivity index (χ2v) is 3.65. The van der Waals surface area contributed by atoms with Crippen molar-refractivity contribution < 1.29 is 13.9 Å². The minimum atomic E-state index is -2.40. The van der Waals surface area contributed by atoms with Gasteiger partial charge in [-0.3, -0.25) is 4.90 Å². The third kappa shape index (κ3) is 6.17. The highest BCUT2D eigenvalue weighted by molar-refractivity contribution is 7.80. The van der Waals surface area contributed by atoms with E-state index in [1.54, 1.807) is 6.92 Å². The summed E-state index contributed by atoms with van der Waals surface area (Å²) in [7, 11) is 0. The van der Waals surface area contributed by atoms with Gasteiger partial charge >= 0.3 is 0 Å². The Kier molecular flexibility index (Phi) is 6.86. The lowest BCUT2D eigenvalue weighted by Crippen LogP contribution is -2.38. The van der Waals surface area contributed by atoms with Gasteiger partial charge in [0.25, 0.3) is 6.43 Å². The average molecular weight is 226 g/mol. The maximum absolute atomic E-state index is 12.1. The molecular weight excluding hydrogens is 210 g/mol. The molecule has 0 heterocycles. The summed E-state index contributed by atoms with van der Waals surface area (Å²) in [5.41, 5.74) is 5.37. The molecule has 6 heteroatoms. The SMILES string of the molecule is CC(CN(CCO)CC(F)F)C(N)=S. The molecule has 0 aliphatic rings. The minimum Gasteiger partial charge on any atom is -0.395 e. The molecule has 84 valence electrons. The summed E-state index contributed by atoms with van der Waals surface area (Å²) in [5.74, 6) is -0.115. The van der Waals surface area contributed by atoms with Crippen LogP contribution < -0.4 is 5.73 Å². The molecule has 0 amide bonds. The van der Waals surface area contributed by atoms with Gasteiger partial charge in [0.05, 0.1) is 18.1 Å². The van der Waals surface area contributed by atoms with Crippen molar-refractivity contribution in [2.75, 3.05) is 26.2 Å². The molecule has 0 saturated heterocycles. The smallest absolute Gasteiger partial charge is 0.251 e. The summed E-state index contributed by atoms with van der Waals surface area (Å²) in [5, 5.41) is 8.65. The fourth-order valence-electron chi connectivity index (χ4n) is 1.07. The fourth-order valence-corrected chi connectivity index (χ4v) is 1.15. The highest BCUT2D eigenvalue weighted by Gasteiger charge is 2.15. The molecule has 3 nitrogen and oxygen atoms in total. The summed E-state index contributed by atoms with van der Waals surface area (Å²) in [6, 6.07) is 0. The zero-order valence-electron chi connectivity index (χ0n) is 8.12. The van der Waals surface area contributed by atoms with Gasteiger partial charge in [0, 0.05) is 19.0 Å². The van der Waals surface area contributed by atoms with Crippen molar-refractivity contribution in [1.82, 2.24) is 4.90 Å². The van der Waals surface area contributed by atoms with E-state index in [-0.39, 0.29) is 25.6 Å². The number of thiocarbonyl (C=S) groups is 1. The molecule has 3 N–H and O–H groups in total. The largest absolute Gasteiger partial charge is 0.395 e. The van der Waals surface area contributed by atoms with Crippen molar-refractivity contribution in [2.24, 2.45) is 11.7 Å². The molecule has 0 saturated carbocycles. The van der Waals surface area contributed by atoms with Gasteiger partial charge in [-0.15, -0.1) is 0 Å². The van der Waals surface area contributed by atoms with Gasteiger partial charge in [-0.2, -0.15) is 0 Å². The number of aliphatic hydroxyl groups excluding tert-OH is 1. The van der Waals surface area contributed by atoms with Crippen LogP contribution in [0.5, 0.6) is 0 Å². The molecule has 0 rings (SSSR count). The molecule has 0 aromatic heterocycles. The molecule has 0 radical (unpaired) electrons. The Bertz CT molecular complexity index is 181. The molecule has 0 aromatic rings. The van der Waals surface area contributed by atoms with Crippen molar-refractivity contribution in [3.63, 3.8) is 0 Å². The first-order valence-electron chi connectivity index (χ1n) is 4.38. The Morgan fingerprint density at radius 1 is 1.50 bits per heavy atom. The van der Waals surface area contributed by atoms with Crippen LogP contribution in [-0.2, 0) is 0 Å². The van der Waals surface area contributed by atoms with E-state index in [0.717, 1.165) is 0 Å². The molecule has 0 fully saturated rings. The van der Waals surface area contributed by atoms with Crippen molar-refractivity contribution in [3.05, 3.63) is 0 Å². The van der Waals surface area contributed by atoms with Gasteiger partial charge in [0.1, 0.15) is 0 Å². The summed E-state index contributed by atoms with van der Waals surface area (Å²) < 4.78 is 24.1. The quantitative estimate of drug-likeness (QED) is 0.620. The van der Waals surface area contributed by atoms with E-state index in [1.807, 2.05) is 0 Å². The Labute approximate surface area is 87.9 Å². The lowest BCUT2D eigenvalue weighted by molar-refractivity contribution is 0.0753. The Morgan fingerprint density at radius 2 is 2.07 bits per heavy atom. The number of nitrogens with two attached hydrogens (primary N) is 1. The van der Waals surface area contributed by atoms with Crippen LogP contribution in [0.4, 0.5) is 8.78 Å². The van der Waals surface area contributed by atoms with E-state index in [0.29, 0.717) is 11.5 Å². The van der Waals surface area contributed by atoms with Gasteiger partial charge in [0.15, 0.2) is 0 Å². The van der Waals surface area contributed by atoms with Crippen LogP contribution in [-0.4, -0.2) is 47.7 Å². The summed E-state index contributed by atoms with van der Waals surface area (Å²) in [4.78, 5) is 1.76. The summed E-state index contributed by atoms with van der Waals surface area (Å²) >= 11 is 4.74. The molecule has 0 aromatic carbocycles. The predicted octanol–water partition coefficient (Wildman–Crippen LogP) is 0.468. The first kappa shape index (κ1) is 13.7. The average Bonchev–Trinajstić information content (AvgIpc) is 2.02. The molecule has 1 unspecified atom stereocenters. The second kappa shape index (κ2) is 7.03. The van der Waals surface area contributed by atoms with Crippen LogP contribution in [0.2, 0.25) is 0 Å². The number of aliphatic hydroxyl groups is 1. The molecular formula is C8H16F2N2OS. The van der Waals surface area contributed by atoms with E-state index >= 15 is 0 Å². The normalized spacial score (nSPS) is 13.6. The molecule has 14 heavy (non-hydrogen) atoms. The van der Waals surface area contributed by atoms with Crippen LogP contribution >= 0.6 is 12.2 Å². The molecule has 0 spiro atoms. The van der Waals surface area contributed by atoms with Crippen LogP contribution in [0.25, 0.3) is 0 Å². The first-order valence-corrected chi connectivity index (χ1v) is 4.78. The third-order valence-electron chi connectivity index (χ3n) is 1.83. The van der Waals surface area contributed by atoms with Crippen LogP contribution in [0.1, 0.15) is 6.92 Å². The molecule has 1 atom stereocenters. The zero-order chi connectivity index (χ0) is 11.1. The maximum Gasteiger partial charge on any atom is 0.251 e. The third-order valence-corrected chi connectivity index (χ3v) is 2.23. The van der Waals surface area contributed by atoms with Crippen molar-refractivity contribution >= 4 is 17.2 Å². The maximum atomic E-state index is 12.1. The number of rotatable bonds is 7. The monoisotopic (exact) mass is 226 g/mol. The van der Waals surface area contributed by atoms with Gasteiger partial charge < -0.3 is 10.8 Å². The number of alkyl halides is 2. The van der Waals surface area contributed by atoms with Gasteiger partial charge in [0.2, 0.25) is 0 Å². The van der Waals surface area contributed by atoms with E-state index in [1.165, 1.54) is 4.90 Å². The zero-order valence-corrected chi connectivity index (χ0v) is 8.94. The predicted molar refractivity (Wildman–Crippen MR) is 55.5 cm³/mol. The van der Waals surface area contributed by atoms with E-state index in [4.69, 9.17) is 23.1 Å². The summed E-state index contributed by atoms with van der Waals surface area (Å²) in [6.07, 6.45) is -2.40. The van der Waals surface area contributed by atoms with Crippen LogP contribution in [0.15, 0.2) is 0 Å². The molecule has 0 aliphatic carbocycles. The number of hydrogen-bond donors (Lipinski definition) is 2. The Hall–Kier alpha value is -0.330. The lowest BCUT2D eigenvalue weighted by atomic mass is 10.1. The fraction of sp³-hybridized carbons (Fsp3) is 0.875. The van der Waals surface area contributed by atoms with Crippen molar-refractivity contribution in [1.29, 1.82) is 0 Å². The molecule has 0 aliphatic heterocycles. The topological polar surface area (TPSA) is 49.5 Å². The van der Waals surface area contributed by atoms with Crippen LogP contribution in [0, 0.1) is 5.92 Å². The van der Waals surface area contributed by atoms with Crippen molar-refractivity contribution in [3.8, 4) is 0 Å². The van der Waals surface area contributed by atoms with Gasteiger partial charge in [-0.25, -0.2) is 8.78 Å². The van der Waals surface area contributed by atoms with E-state index in [9.17, 15) is 8.78 Å².